The molecule has 0 nitrogen and oxygen atoms in total. The van der Waals surface area contributed by atoms with E-state index in [1.54, 1.807) is 12.2 Å². The van der Waals surface area contributed by atoms with E-state index in [4.69, 9.17) is 46.4 Å². The van der Waals surface area contributed by atoms with Crippen molar-refractivity contribution in [3.8, 4) is 0 Å². The van der Waals surface area contributed by atoms with Gasteiger partial charge in [0, 0.05) is 27.6 Å². The van der Waals surface area contributed by atoms with E-state index in [9.17, 15) is 0 Å². The van der Waals surface area contributed by atoms with E-state index in [1.807, 2.05) is 24.3 Å². The van der Waals surface area contributed by atoms with Crippen molar-refractivity contribution < 1.29 is 16.5 Å². The van der Waals surface area contributed by atoms with Gasteiger partial charge in [0.05, 0.1) is 10.8 Å². The molecule has 0 rings (SSSR count). The first-order valence-electron chi connectivity index (χ1n) is 6.77. The Morgan fingerprint density at radius 1 is 0.714 bits per heavy atom. The van der Waals surface area contributed by atoms with Crippen LogP contribution >= 0.6 is 46.4 Å². The SMILES string of the molecule is CCCC(Cl)C=CC=CCl.CCCC(Cl)C=CC=CCl.[Ni]. The van der Waals surface area contributed by atoms with Crippen molar-refractivity contribution in [2.45, 2.75) is 50.3 Å². The Labute approximate surface area is 160 Å². The summed E-state index contributed by atoms with van der Waals surface area (Å²) >= 11 is 22.3. The van der Waals surface area contributed by atoms with Crippen LogP contribution < -0.4 is 0 Å². The van der Waals surface area contributed by atoms with Gasteiger partial charge in [0.25, 0.3) is 0 Å². The second-order valence-corrected chi connectivity index (χ2v) is 5.64. The molecule has 0 amide bonds. The van der Waals surface area contributed by atoms with Gasteiger partial charge >= 0.3 is 0 Å². The average molecular weight is 417 g/mol. The first kappa shape index (κ1) is 26.5. The van der Waals surface area contributed by atoms with Gasteiger partial charge in [-0.3, -0.25) is 0 Å². The summed E-state index contributed by atoms with van der Waals surface area (Å²) in [4.78, 5) is 0. The van der Waals surface area contributed by atoms with E-state index in [0.717, 1.165) is 25.7 Å². The molecule has 0 radical (unpaired) electrons. The van der Waals surface area contributed by atoms with E-state index >= 15 is 0 Å². The quantitative estimate of drug-likeness (QED) is 0.219. The Morgan fingerprint density at radius 2 is 1.05 bits per heavy atom. The maximum atomic E-state index is 5.85. The van der Waals surface area contributed by atoms with Crippen LogP contribution in [0.4, 0.5) is 0 Å². The first-order valence-corrected chi connectivity index (χ1v) is 8.52. The van der Waals surface area contributed by atoms with Crippen LogP contribution in [0.1, 0.15) is 39.5 Å². The van der Waals surface area contributed by atoms with Crippen molar-refractivity contribution in [2.75, 3.05) is 0 Å². The van der Waals surface area contributed by atoms with Gasteiger partial charge in [-0.2, -0.15) is 0 Å². The van der Waals surface area contributed by atoms with Crippen LogP contribution in [0.5, 0.6) is 0 Å². The molecule has 0 saturated heterocycles. The zero-order valence-electron chi connectivity index (χ0n) is 12.4. The monoisotopic (exact) mass is 414 g/mol. The van der Waals surface area contributed by atoms with Crippen molar-refractivity contribution in [2.24, 2.45) is 0 Å². The third-order valence-corrected chi connectivity index (χ3v) is 3.15. The largest absolute Gasteiger partial charge is 0.118 e. The molecular formula is C16H24Cl4Ni. The third kappa shape index (κ3) is 25.9. The molecule has 126 valence electrons. The van der Waals surface area contributed by atoms with Crippen molar-refractivity contribution in [3.05, 3.63) is 47.5 Å². The Hall–Kier alpha value is 0.614. The summed E-state index contributed by atoms with van der Waals surface area (Å²) in [5.74, 6) is 0. The minimum absolute atomic E-state index is 0. The molecule has 0 fully saturated rings. The second kappa shape index (κ2) is 22.9. The predicted octanol–water partition coefficient (Wildman–Crippen LogP) is 7.40. The summed E-state index contributed by atoms with van der Waals surface area (Å²) in [5.41, 5.74) is 2.93. The van der Waals surface area contributed by atoms with Crippen molar-refractivity contribution in [1.29, 1.82) is 0 Å². The number of halogens is 4. The van der Waals surface area contributed by atoms with Gasteiger partial charge in [0.1, 0.15) is 0 Å². The normalized spacial score (nSPS) is 14.4. The minimum atomic E-state index is 0. The van der Waals surface area contributed by atoms with Gasteiger partial charge in [0.15, 0.2) is 0 Å². The molecule has 21 heavy (non-hydrogen) atoms. The molecule has 0 aromatic heterocycles. The number of alkyl halides is 2. The number of allylic oxidation sites excluding steroid dienone is 6. The van der Waals surface area contributed by atoms with E-state index in [0.29, 0.717) is 0 Å². The van der Waals surface area contributed by atoms with Crippen molar-refractivity contribution in [1.82, 2.24) is 0 Å². The van der Waals surface area contributed by atoms with E-state index in [2.05, 4.69) is 13.8 Å². The second-order valence-electron chi connectivity index (χ2n) is 4.02. The number of rotatable bonds is 8. The molecule has 0 bridgehead atoms. The molecule has 0 N–H and O–H groups in total. The fourth-order valence-electron chi connectivity index (χ4n) is 1.20. The number of hydrogen-bond donors (Lipinski definition) is 0. The molecule has 0 aliphatic heterocycles. The van der Waals surface area contributed by atoms with Gasteiger partial charge in [-0.25, -0.2) is 0 Å². The van der Waals surface area contributed by atoms with Crippen LogP contribution in [0.3, 0.4) is 0 Å². The third-order valence-electron chi connectivity index (χ3n) is 2.14. The molecule has 0 saturated carbocycles. The molecule has 0 aliphatic rings. The summed E-state index contributed by atoms with van der Waals surface area (Å²) in [5, 5.41) is 0.302. The Balaban J connectivity index is -0.000000295. The van der Waals surface area contributed by atoms with Gasteiger partial charge in [-0.1, -0.05) is 86.3 Å². The van der Waals surface area contributed by atoms with Crippen LogP contribution in [0.2, 0.25) is 0 Å². The molecule has 0 aromatic rings. The zero-order chi connectivity index (χ0) is 15.6. The fourth-order valence-corrected chi connectivity index (χ4v) is 1.97. The van der Waals surface area contributed by atoms with Crippen LogP contribution in [-0.2, 0) is 16.5 Å². The van der Waals surface area contributed by atoms with Crippen molar-refractivity contribution >= 4 is 46.4 Å². The zero-order valence-corrected chi connectivity index (χ0v) is 16.4. The smallest absolute Gasteiger partial charge is 0.0518 e. The molecule has 0 spiro atoms. The molecule has 0 heterocycles. The first-order chi connectivity index (χ1) is 9.62. The maximum absolute atomic E-state index is 5.85. The summed E-state index contributed by atoms with van der Waals surface area (Å²) in [6.07, 6.45) is 15.4. The topological polar surface area (TPSA) is 0 Å². The van der Waals surface area contributed by atoms with E-state index in [1.165, 1.54) is 11.1 Å². The standard InChI is InChI=1S/2C8H12Cl2.Ni/c2*1-2-5-8(10)6-3-4-7-9;/h2*3-4,6-8H,2,5H2,1H3;. The predicted molar refractivity (Wildman–Crippen MR) is 97.4 cm³/mol. The minimum Gasteiger partial charge on any atom is -0.118 e. The average Bonchev–Trinajstić information content (AvgIpc) is 2.41. The molecule has 0 aromatic carbocycles. The van der Waals surface area contributed by atoms with Crippen LogP contribution in [0, 0.1) is 0 Å². The molecule has 5 heteroatoms. The van der Waals surface area contributed by atoms with E-state index in [-0.39, 0.29) is 27.2 Å². The number of hydrogen-bond acceptors (Lipinski definition) is 0. The van der Waals surface area contributed by atoms with Gasteiger partial charge < -0.3 is 0 Å². The van der Waals surface area contributed by atoms with Gasteiger partial charge in [-0.05, 0) is 12.8 Å². The van der Waals surface area contributed by atoms with E-state index < -0.39 is 0 Å². The Kier molecular flexibility index (Phi) is 28.9. The van der Waals surface area contributed by atoms with Gasteiger partial charge in [-0.15, -0.1) is 23.2 Å². The summed E-state index contributed by atoms with van der Waals surface area (Å²) in [6, 6.07) is 0. The van der Waals surface area contributed by atoms with Crippen LogP contribution in [-0.4, -0.2) is 10.8 Å². The Bertz CT molecular complexity index is 269. The summed E-state index contributed by atoms with van der Waals surface area (Å²) in [6.45, 7) is 4.22. The van der Waals surface area contributed by atoms with Gasteiger partial charge in [0.2, 0.25) is 0 Å². The Morgan fingerprint density at radius 3 is 1.29 bits per heavy atom. The molecule has 2 unspecified atom stereocenters. The summed E-state index contributed by atoms with van der Waals surface area (Å²) in [7, 11) is 0. The van der Waals surface area contributed by atoms with Crippen molar-refractivity contribution in [3.63, 3.8) is 0 Å². The van der Waals surface area contributed by atoms with Crippen LogP contribution in [0.15, 0.2) is 47.5 Å². The maximum Gasteiger partial charge on any atom is 0.0518 e. The molecular weight excluding hydrogens is 393 g/mol. The summed E-state index contributed by atoms with van der Waals surface area (Å²) < 4.78 is 0. The molecule has 0 aliphatic carbocycles. The fraction of sp³-hybridized carbons (Fsp3) is 0.500. The van der Waals surface area contributed by atoms with Crippen LogP contribution in [0.25, 0.3) is 0 Å². The molecule has 2 atom stereocenters.